The van der Waals surface area contributed by atoms with Crippen molar-refractivity contribution < 1.29 is 17.7 Å². The minimum Gasteiger partial charge on any atom is -0.337 e. The molecule has 0 bridgehead atoms. The molecule has 1 amide bonds. The molecule has 1 aliphatic heterocycles. The van der Waals surface area contributed by atoms with Crippen LogP contribution >= 0.6 is 11.6 Å². The molecule has 3 aromatic rings. The monoisotopic (exact) mass is 431 g/mol. The van der Waals surface area contributed by atoms with E-state index in [4.69, 9.17) is 16.1 Å². The largest absolute Gasteiger partial charge is 0.337 e. The van der Waals surface area contributed by atoms with E-state index in [2.05, 4.69) is 10.1 Å². The first kappa shape index (κ1) is 19.6. The van der Waals surface area contributed by atoms with Gasteiger partial charge in [-0.2, -0.15) is 4.98 Å². The zero-order chi connectivity index (χ0) is 20.4. The van der Waals surface area contributed by atoms with E-state index in [1.807, 2.05) is 24.3 Å². The summed E-state index contributed by atoms with van der Waals surface area (Å²) in [5.74, 6) is -1.24. The predicted octanol–water partition coefficient (Wildman–Crippen LogP) is 2.89. The van der Waals surface area contributed by atoms with Crippen LogP contribution in [0, 0.1) is 0 Å². The van der Waals surface area contributed by atoms with Crippen molar-refractivity contribution in [1.29, 1.82) is 0 Å². The van der Waals surface area contributed by atoms with E-state index in [-0.39, 0.29) is 11.7 Å². The first-order valence-corrected chi connectivity index (χ1v) is 11.2. The van der Waals surface area contributed by atoms with Crippen LogP contribution in [0.1, 0.15) is 17.0 Å². The summed E-state index contributed by atoms with van der Waals surface area (Å²) < 4.78 is 30.1. The van der Waals surface area contributed by atoms with E-state index >= 15 is 0 Å². The first-order chi connectivity index (χ1) is 13.9. The summed E-state index contributed by atoms with van der Waals surface area (Å²) in [6.45, 7) is 0.932. The SMILES string of the molecule is O=C(CS(=O)(=O)Cc1noc(-c2ccc(Cl)cc2)n1)N1CCc2ccccc2C1. The Balaban J connectivity index is 1.41. The fourth-order valence-corrected chi connectivity index (χ4v) is 4.56. The summed E-state index contributed by atoms with van der Waals surface area (Å²) in [4.78, 5) is 18.2. The number of rotatable bonds is 5. The van der Waals surface area contributed by atoms with Crippen molar-refractivity contribution in [2.75, 3.05) is 12.3 Å². The van der Waals surface area contributed by atoms with Gasteiger partial charge in [0.1, 0.15) is 11.5 Å². The van der Waals surface area contributed by atoms with Gasteiger partial charge >= 0.3 is 0 Å². The lowest BCUT2D eigenvalue weighted by Gasteiger charge is -2.28. The van der Waals surface area contributed by atoms with Gasteiger partial charge in [-0.3, -0.25) is 4.79 Å². The van der Waals surface area contributed by atoms with Crippen LogP contribution in [0.5, 0.6) is 0 Å². The molecule has 0 fully saturated rings. The number of aromatic nitrogens is 2. The molecular weight excluding hydrogens is 414 g/mol. The molecule has 2 heterocycles. The number of sulfone groups is 1. The number of carbonyl (C=O) groups is 1. The van der Waals surface area contributed by atoms with Crippen molar-refractivity contribution in [1.82, 2.24) is 15.0 Å². The molecular formula is C20H18ClN3O4S. The van der Waals surface area contributed by atoms with Crippen LogP contribution in [0.2, 0.25) is 5.02 Å². The Bertz CT molecular complexity index is 1140. The van der Waals surface area contributed by atoms with Gasteiger partial charge in [0.05, 0.1) is 0 Å². The highest BCUT2D eigenvalue weighted by Gasteiger charge is 2.26. The third-order valence-electron chi connectivity index (χ3n) is 4.74. The zero-order valence-corrected chi connectivity index (χ0v) is 17.0. The maximum absolute atomic E-state index is 12.5. The highest BCUT2D eigenvalue weighted by atomic mass is 35.5. The number of nitrogens with zero attached hydrogens (tertiary/aromatic N) is 3. The van der Waals surface area contributed by atoms with Crippen LogP contribution < -0.4 is 0 Å². The lowest BCUT2D eigenvalue weighted by atomic mass is 10.00. The average Bonchev–Trinajstić information content (AvgIpc) is 3.15. The predicted molar refractivity (Wildman–Crippen MR) is 108 cm³/mol. The van der Waals surface area contributed by atoms with Gasteiger partial charge in [0.2, 0.25) is 5.91 Å². The minimum absolute atomic E-state index is 0.0201. The molecule has 1 aromatic heterocycles. The molecule has 0 aliphatic carbocycles. The van der Waals surface area contributed by atoms with Gasteiger partial charge in [-0.15, -0.1) is 0 Å². The summed E-state index contributed by atoms with van der Waals surface area (Å²) in [5.41, 5.74) is 2.88. The molecule has 0 atom stereocenters. The first-order valence-electron chi connectivity index (χ1n) is 9.03. The number of carbonyl (C=O) groups excluding carboxylic acids is 1. The van der Waals surface area contributed by atoms with E-state index in [0.717, 1.165) is 12.0 Å². The molecule has 0 unspecified atom stereocenters. The molecule has 29 heavy (non-hydrogen) atoms. The smallest absolute Gasteiger partial charge is 0.257 e. The topological polar surface area (TPSA) is 93.4 Å². The molecule has 4 rings (SSSR count). The van der Waals surface area contributed by atoms with Gasteiger partial charge in [0.15, 0.2) is 15.7 Å². The summed E-state index contributed by atoms with van der Waals surface area (Å²) in [6, 6.07) is 14.6. The van der Waals surface area contributed by atoms with E-state index in [1.165, 1.54) is 5.56 Å². The Morgan fingerprint density at radius 2 is 1.83 bits per heavy atom. The van der Waals surface area contributed by atoms with Crippen molar-refractivity contribution >= 4 is 27.3 Å². The number of benzene rings is 2. The number of hydrogen-bond donors (Lipinski definition) is 0. The van der Waals surface area contributed by atoms with Crippen LogP contribution in [0.25, 0.3) is 11.5 Å². The third kappa shape index (κ3) is 4.65. The van der Waals surface area contributed by atoms with Crippen molar-refractivity contribution in [2.24, 2.45) is 0 Å². The molecule has 0 saturated carbocycles. The second kappa shape index (κ2) is 7.96. The van der Waals surface area contributed by atoms with Crippen LogP contribution in [-0.2, 0) is 33.4 Å². The summed E-state index contributed by atoms with van der Waals surface area (Å²) in [6.07, 6.45) is 0.719. The Kier molecular flexibility index (Phi) is 5.38. The highest BCUT2D eigenvalue weighted by Crippen LogP contribution is 2.21. The Labute approximate surface area is 173 Å². The highest BCUT2D eigenvalue weighted by molar-refractivity contribution is 7.91. The molecule has 7 nitrogen and oxygen atoms in total. The fourth-order valence-electron chi connectivity index (χ4n) is 3.26. The molecule has 9 heteroatoms. The van der Waals surface area contributed by atoms with Gasteiger partial charge in [-0.25, -0.2) is 8.42 Å². The van der Waals surface area contributed by atoms with E-state index in [1.54, 1.807) is 29.2 Å². The third-order valence-corrected chi connectivity index (χ3v) is 6.37. The Hall–Kier alpha value is -2.71. The molecule has 0 saturated heterocycles. The number of hydrogen-bond acceptors (Lipinski definition) is 6. The molecule has 1 aliphatic rings. The van der Waals surface area contributed by atoms with Crippen LogP contribution in [0.4, 0.5) is 0 Å². The van der Waals surface area contributed by atoms with Crippen molar-refractivity contribution in [3.05, 3.63) is 70.5 Å². The molecule has 0 radical (unpaired) electrons. The normalized spacial score (nSPS) is 13.9. The lowest BCUT2D eigenvalue weighted by molar-refractivity contribution is -0.129. The second-order valence-corrected chi connectivity index (χ2v) is 9.39. The van der Waals surface area contributed by atoms with Gasteiger partial charge < -0.3 is 9.42 Å². The van der Waals surface area contributed by atoms with E-state index < -0.39 is 27.3 Å². The summed E-state index contributed by atoms with van der Waals surface area (Å²) >= 11 is 5.85. The van der Waals surface area contributed by atoms with E-state index in [0.29, 0.717) is 23.7 Å². The fraction of sp³-hybridized carbons (Fsp3) is 0.250. The van der Waals surface area contributed by atoms with Gasteiger partial charge in [0, 0.05) is 23.7 Å². The summed E-state index contributed by atoms with van der Waals surface area (Å²) in [7, 11) is -3.73. The quantitative estimate of drug-likeness (QED) is 0.616. The number of amides is 1. The molecule has 150 valence electrons. The van der Waals surface area contributed by atoms with Gasteiger partial charge in [-0.1, -0.05) is 41.0 Å². The van der Waals surface area contributed by atoms with Crippen LogP contribution in [0.15, 0.2) is 53.1 Å². The molecule has 0 spiro atoms. The lowest BCUT2D eigenvalue weighted by Crippen LogP contribution is -2.39. The maximum Gasteiger partial charge on any atom is 0.257 e. The minimum atomic E-state index is -3.73. The molecule has 0 N–H and O–H groups in total. The number of halogens is 1. The van der Waals surface area contributed by atoms with Crippen LogP contribution in [-0.4, -0.2) is 41.7 Å². The average molecular weight is 432 g/mol. The van der Waals surface area contributed by atoms with Gasteiger partial charge in [-0.05, 0) is 41.8 Å². The number of fused-ring (bicyclic) bond motifs is 1. The zero-order valence-electron chi connectivity index (χ0n) is 15.4. The van der Waals surface area contributed by atoms with Crippen LogP contribution in [0.3, 0.4) is 0 Å². The van der Waals surface area contributed by atoms with Crippen molar-refractivity contribution in [2.45, 2.75) is 18.7 Å². The Morgan fingerprint density at radius 1 is 1.10 bits per heavy atom. The second-order valence-electron chi connectivity index (χ2n) is 6.89. The van der Waals surface area contributed by atoms with Gasteiger partial charge in [0.25, 0.3) is 5.89 Å². The van der Waals surface area contributed by atoms with Crippen molar-refractivity contribution in [3.8, 4) is 11.5 Å². The van der Waals surface area contributed by atoms with Crippen molar-refractivity contribution in [3.63, 3.8) is 0 Å². The standard InChI is InChI=1S/C20H18ClN3O4S/c21-17-7-5-15(6-8-17)20-22-18(23-28-20)12-29(26,27)13-19(25)24-10-9-14-3-1-2-4-16(14)11-24/h1-8H,9-13H2. The molecule has 2 aromatic carbocycles. The maximum atomic E-state index is 12.5. The summed E-state index contributed by atoms with van der Waals surface area (Å²) in [5, 5.41) is 4.29. The Morgan fingerprint density at radius 3 is 2.59 bits per heavy atom. The van der Waals surface area contributed by atoms with E-state index in [9.17, 15) is 13.2 Å².